The van der Waals surface area contributed by atoms with Gasteiger partial charge in [-0.3, -0.25) is 14.4 Å². The van der Waals surface area contributed by atoms with Crippen molar-refractivity contribution in [3.63, 3.8) is 0 Å². The Labute approximate surface area is 100 Å². The van der Waals surface area contributed by atoms with Gasteiger partial charge in [-0.2, -0.15) is 0 Å². The quantitative estimate of drug-likeness (QED) is 0.593. The highest BCUT2D eigenvalue weighted by Gasteiger charge is 2.37. The molecule has 0 spiro atoms. The number of imide groups is 3. The molecule has 0 unspecified atom stereocenters. The molecule has 0 radical (unpaired) electrons. The number of likely N-dealkylation sites (tertiary alicyclic amines) is 1. The maximum Gasteiger partial charge on any atom is 0.326 e. The van der Waals surface area contributed by atoms with Crippen LogP contribution in [0.2, 0.25) is 0 Å². The molecule has 94 valence electrons. The topological polar surface area (TPSA) is 141 Å². The van der Waals surface area contributed by atoms with E-state index in [4.69, 9.17) is 11.5 Å². The van der Waals surface area contributed by atoms with Crippen LogP contribution in [0.25, 0.3) is 0 Å². The minimum atomic E-state index is -1.02. The van der Waals surface area contributed by atoms with E-state index in [1.54, 1.807) is 0 Å². The predicted molar refractivity (Wildman–Crippen MR) is 57.0 cm³/mol. The molecule has 18 heavy (non-hydrogen) atoms. The van der Waals surface area contributed by atoms with Crippen LogP contribution in [0.1, 0.15) is 23.5 Å². The summed E-state index contributed by atoms with van der Waals surface area (Å²) in [5.41, 5.74) is 10.4. The van der Waals surface area contributed by atoms with E-state index in [0.717, 1.165) is 6.20 Å². The Morgan fingerprint density at radius 2 is 1.78 bits per heavy atom. The first-order valence-electron chi connectivity index (χ1n) is 4.96. The molecule has 0 aromatic carbocycles. The first-order chi connectivity index (χ1) is 8.43. The summed E-state index contributed by atoms with van der Waals surface area (Å²) in [6, 6.07) is -1.02. The summed E-state index contributed by atoms with van der Waals surface area (Å²) in [5, 5.41) is 0. The average molecular weight is 251 g/mol. The molecule has 1 fully saturated rings. The lowest BCUT2D eigenvalue weighted by molar-refractivity contribution is -0.135. The molecule has 9 heteroatoms. The second kappa shape index (κ2) is 3.95. The molecule has 0 bridgehead atoms. The molecule has 0 aliphatic carbocycles. The fourth-order valence-electron chi connectivity index (χ4n) is 1.65. The lowest BCUT2D eigenvalue weighted by Crippen LogP contribution is -2.38. The first kappa shape index (κ1) is 11.8. The minimum absolute atomic E-state index is 0.0443. The van der Waals surface area contributed by atoms with E-state index >= 15 is 0 Å². The van der Waals surface area contributed by atoms with Crippen LogP contribution < -0.4 is 11.5 Å². The Morgan fingerprint density at radius 3 is 2.28 bits per heavy atom. The summed E-state index contributed by atoms with van der Waals surface area (Å²) >= 11 is 0. The van der Waals surface area contributed by atoms with E-state index in [1.165, 1.54) is 0 Å². The molecule has 9 nitrogen and oxygen atoms in total. The molecule has 1 aliphatic heterocycles. The standard InChI is InChI=1S/C9H9N5O4/c10-4-3-12-7(13(4)9(11)18)8(17)14-5(15)1-2-6(14)16/h3H,1-2,10H2,(H2,11,18). The van der Waals surface area contributed by atoms with Crippen LogP contribution in [0.5, 0.6) is 0 Å². The number of hydrogen-bond acceptors (Lipinski definition) is 6. The molecule has 1 aromatic heterocycles. The van der Waals surface area contributed by atoms with E-state index in [1.807, 2.05) is 0 Å². The largest absolute Gasteiger partial charge is 0.383 e. The highest BCUT2D eigenvalue weighted by molar-refractivity contribution is 6.19. The zero-order chi connectivity index (χ0) is 13.4. The van der Waals surface area contributed by atoms with Crippen LogP contribution in [-0.2, 0) is 9.59 Å². The zero-order valence-corrected chi connectivity index (χ0v) is 9.12. The van der Waals surface area contributed by atoms with Gasteiger partial charge in [-0.15, -0.1) is 0 Å². The molecule has 2 heterocycles. The normalized spacial score (nSPS) is 15.2. The van der Waals surface area contributed by atoms with Crippen LogP contribution in [-0.4, -0.2) is 38.2 Å². The SMILES string of the molecule is NC(=O)n1c(N)cnc1C(=O)N1C(=O)CCC1=O. The number of hydrogen-bond donors (Lipinski definition) is 2. The van der Waals surface area contributed by atoms with Gasteiger partial charge in [0.05, 0.1) is 6.20 Å². The molecular formula is C9H9N5O4. The van der Waals surface area contributed by atoms with Gasteiger partial charge >= 0.3 is 11.9 Å². The molecule has 1 aliphatic rings. The number of amides is 4. The summed E-state index contributed by atoms with van der Waals surface area (Å²) in [6.45, 7) is 0. The fourth-order valence-corrected chi connectivity index (χ4v) is 1.65. The van der Waals surface area contributed by atoms with E-state index in [2.05, 4.69) is 4.98 Å². The van der Waals surface area contributed by atoms with Gasteiger partial charge in [0.25, 0.3) is 0 Å². The number of aromatic nitrogens is 2. The van der Waals surface area contributed by atoms with Gasteiger partial charge in [-0.25, -0.2) is 19.2 Å². The molecule has 0 saturated carbocycles. The van der Waals surface area contributed by atoms with E-state index in [9.17, 15) is 19.2 Å². The summed E-state index contributed by atoms with van der Waals surface area (Å²) in [4.78, 5) is 49.9. The minimum Gasteiger partial charge on any atom is -0.383 e. The van der Waals surface area contributed by atoms with Crippen molar-refractivity contribution in [3.8, 4) is 0 Å². The van der Waals surface area contributed by atoms with Gasteiger partial charge in [0.1, 0.15) is 5.82 Å². The van der Waals surface area contributed by atoms with Crippen LogP contribution in [0.15, 0.2) is 6.20 Å². The number of rotatable bonds is 1. The lowest BCUT2D eigenvalue weighted by Gasteiger charge is -2.11. The number of carbonyl (C=O) groups excluding carboxylic acids is 4. The highest BCUT2D eigenvalue weighted by Crippen LogP contribution is 2.16. The van der Waals surface area contributed by atoms with Crippen molar-refractivity contribution in [3.05, 3.63) is 12.0 Å². The number of nitrogens with two attached hydrogens (primary N) is 2. The van der Waals surface area contributed by atoms with Crippen molar-refractivity contribution >= 4 is 29.6 Å². The average Bonchev–Trinajstić information content (AvgIpc) is 2.82. The molecule has 4 amide bonds. The van der Waals surface area contributed by atoms with Gasteiger partial charge in [0.15, 0.2) is 0 Å². The Balaban J connectivity index is 2.44. The predicted octanol–water partition coefficient (Wildman–Crippen LogP) is -1.32. The summed E-state index contributed by atoms with van der Waals surface area (Å²) in [5.74, 6) is -2.88. The summed E-state index contributed by atoms with van der Waals surface area (Å²) < 4.78 is 0.640. The van der Waals surface area contributed by atoms with Gasteiger partial charge < -0.3 is 11.5 Å². The van der Waals surface area contributed by atoms with Crippen molar-refractivity contribution in [1.82, 2.24) is 14.5 Å². The monoisotopic (exact) mass is 251 g/mol. The molecule has 2 rings (SSSR count). The highest BCUT2D eigenvalue weighted by atomic mass is 16.2. The Morgan fingerprint density at radius 1 is 1.22 bits per heavy atom. The van der Waals surface area contributed by atoms with E-state index in [0.29, 0.717) is 9.47 Å². The zero-order valence-electron chi connectivity index (χ0n) is 9.12. The van der Waals surface area contributed by atoms with Gasteiger partial charge in [0.2, 0.25) is 17.6 Å². The van der Waals surface area contributed by atoms with Crippen molar-refractivity contribution in [2.45, 2.75) is 12.8 Å². The number of carbonyl (C=O) groups is 4. The lowest BCUT2D eigenvalue weighted by atomic mass is 10.4. The van der Waals surface area contributed by atoms with Crippen LogP contribution in [0, 0.1) is 0 Å². The number of anilines is 1. The number of primary amides is 1. The molecular weight excluding hydrogens is 242 g/mol. The van der Waals surface area contributed by atoms with Crippen molar-refractivity contribution in [1.29, 1.82) is 0 Å². The van der Waals surface area contributed by atoms with Crippen LogP contribution in [0.3, 0.4) is 0 Å². The molecule has 1 aromatic rings. The third-order valence-electron chi connectivity index (χ3n) is 2.46. The first-order valence-corrected chi connectivity index (χ1v) is 4.96. The molecule has 1 saturated heterocycles. The Hall–Kier alpha value is -2.71. The number of nitrogen functional groups attached to an aromatic ring is 1. The van der Waals surface area contributed by atoms with Crippen molar-refractivity contribution < 1.29 is 19.2 Å². The fraction of sp³-hybridized carbons (Fsp3) is 0.222. The number of nitrogens with zero attached hydrogens (tertiary/aromatic N) is 3. The summed E-state index contributed by atoms with van der Waals surface area (Å²) in [6.07, 6.45) is 0.956. The van der Waals surface area contributed by atoms with Crippen LogP contribution in [0.4, 0.5) is 10.6 Å². The van der Waals surface area contributed by atoms with Crippen molar-refractivity contribution in [2.75, 3.05) is 5.73 Å². The van der Waals surface area contributed by atoms with Crippen LogP contribution >= 0.6 is 0 Å². The van der Waals surface area contributed by atoms with Gasteiger partial charge in [0, 0.05) is 12.8 Å². The smallest absolute Gasteiger partial charge is 0.326 e. The maximum atomic E-state index is 11.9. The Bertz CT molecular complexity index is 560. The molecule has 0 atom stereocenters. The Kier molecular flexibility index (Phi) is 2.58. The maximum absolute atomic E-state index is 11.9. The van der Waals surface area contributed by atoms with Gasteiger partial charge in [-0.1, -0.05) is 0 Å². The van der Waals surface area contributed by atoms with Gasteiger partial charge in [-0.05, 0) is 0 Å². The van der Waals surface area contributed by atoms with Crippen molar-refractivity contribution in [2.24, 2.45) is 5.73 Å². The molecule has 4 N–H and O–H groups in total. The summed E-state index contributed by atoms with van der Waals surface area (Å²) in [7, 11) is 0. The van der Waals surface area contributed by atoms with E-state index in [-0.39, 0.29) is 18.7 Å². The second-order valence-electron chi connectivity index (χ2n) is 3.61. The number of imidazole rings is 1. The third kappa shape index (κ3) is 1.61. The third-order valence-corrected chi connectivity index (χ3v) is 2.46. The van der Waals surface area contributed by atoms with E-state index < -0.39 is 29.6 Å². The second-order valence-corrected chi connectivity index (χ2v) is 3.61.